The minimum atomic E-state index is 0.665. The molecule has 5 fully saturated rings. The molecule has 0 spiro atoms. The van der Waals surface area contributed by atoms with Gasteiger partial charge in [0, 0.05) is 25.2 Å². The van der Waals surface area contributed by atoms with Crippen molar-refractivity contribution in [3.63, 3.8) is 0 Å². The molecule has 0 aromatic heterocycles. The molecule has 5 aliphatic rings. The van der Waals surface area contributed by atoms with E-state index in [-0.39, 0.29) is 0 Å². The Balaban J connectivity index is 1.40. The third kappa shape index (κ3) is 3.39. The van der Waals surface area contributed by atoms with Gasteiger partial charge in [0.1, 0.15) is 0 Å². The van der Waals surface area contributed by atoms with Gasteiger partial charge in [0.2, 0.25) is 0 Å². The summed E-state index contributed by atoms with van der Waals surface area (Å²) in [7, 11) is 0. The summed E-state index contributed by atoms with van der Waals surface area (Å²) >= 11 is 0. The molecule has 8 atom stereocenters. The van der Waals surface area contributed by atoms with E-state index in [1.807, 2.05) is 0 Å². The Morgan fingerprint density at radius 2 is 1.32 bits per heavy atom. The summed E-state index contributed by atoms with van der Waals surface area (Å²) in [5, 5.41) is 3.78. The van der Waals surface area contributed by atoms with Gasteiger partial charge in [-0.2, -0.15) is 0 Å². The Morgan fingerprint density at radius 3 is 2.24 bits per heavy atom. The van der Waals surface area contributed by atoms with E-state index in [9.17, 15) is 0 Å². The minimum absolute atomic E-state index is 0.665. The highest BCUT2D eigenvalue weighted by molar-refractivity contribution is 4.98. The Labute approximate surface area is 152 Å². The highest BCUT2D eigenvalue weighted by Gasteiger charge is 2.43. The summed E-state index contributed by atoms with van der Waals surface area (Å²) in [6, 6.07) is 1.38. The number of fused-ring (bicyclic) bond motifs is 7. The van der Waals surface area contributed by atoms with Crippen LogP contribution in [0.4, 0.5) is 0 Å². The lowest BCUT2D eigenvalue weighted by atomic mass is 9.67. The smallest absolute Gasteiger partial charge is 0.0294 e. The first-order valence-electron chi connectivity index (χ1n) is 11.1. The maximum Gasteiger partial charge on any atom is 0.0294 e. The fourth-order valence-electron chi connectivity index (χ4n) is 6.99. The number of hydrogen-bond donors (Lipinski definition) is 5. The van der Waals surface area contributed by atoms with E-state index in [2.05, 4.69) is 27.0 Å². The fraction of sp³-hybridized carbons (Fsp3) is 1.00. The zero-order valence-corrected chi connectivity index (χ0v) is 15.6. The zero-order valence-electron chi connectivity index (χ0n) is 15.6. The molecular formula is C20H37N5. The average Bonchev–Trinajstić information content (AvgIpc) is 3.30. The van der Waals surface area contributed by atoms with Crippen LogP contribution in [0.15, 0.2) is 0 Å². The summed E-state index contributed by atoms with van der Waals surface area (Å²) in [5.74, 6) is 5.17. The molecule has 3 saturated heterocycles. The molecule has 142 valence electrons. The normalized spacial score (nSPS) is 50.9. The second-order valence-electron chi connectivity index (χ2n) is 9.66. The van der Waals surface area contributed by atoms with Gasteiger partial charge in [-0.05, 0) is 80.7 Å². The highest BCUT2D eigenvalue weighted by atomic mass is 15.4. The Kier molecular flexibility index (Phi) is 5.04. The maximum absolute atomic E-state index is 3.78. The Bertz CT molecular complexity index is 457. The molecule has 0 aromatic rings. The zero-order chi connectivity index (χ0) is 16.6. The van der Waals surface area contributed by atoms with Crippen LogP contribution in [0.3, 0.4) is 0 Å². The molecule has 8 unspecified atom stereocenters. The summed E-state index contributed by atoms with van der Waals surface area (Å²) in [6.45, 7) is 4.79. The second-order valence-corrected chi connectivity index (χ2v) is 9.66. The number of hydrogen-bond acceptors (Lipinski definition) is 5. The first kappa shape index (κ1) is 16.9. The van der Waals surface area contributed by atoms with Crippen LogP contribution in [0.5, 0.6) is 0 Å². The second kappa shape index (κ2) is 7.43. The molecule has 3 heterocycles. The van der Waals surface area contributed by atoms with Gasteiger partial charge in [-0.25, -0.2) is 0 Å². The molecule has 25 heavy (non-hydrogen) atoms. The van der Waals surface area contributed by atoms with E-state index < -0.39 is 0 Å². The SMILES string of the molecule is C1CCC2C(C1)CCC1CNCC(C1)C1NNCC1CC1CNNC12. The molecule has 0 aromatic carbocycles. The summed E-state index contributed by atoms with van der Waals surface area (Å²) in [6.07, 6.45) is 11.6. The fourth-order valence-corrected chi connectivity index (χ4v) is 6.99. The summed E-state index contributed by atoms with van der Waals surface area (Å²) < 4.78 is 0. The standard InChI is InChI=1S/C20H37N5/c1-2-4-18-14(3-1)6-5-13-7-15(10-21-9-13)19-16(11-22-24-19)8-17-12-23-25-20(17)18/h13-25H,1-12H2. The van der Waals surface area contributed by atoms with E-state index in [0.717, 1.165) is 42.1 Å². The number of rotatable bonds is 0. The minimum Gasteiger partial charge on any atom is -0.316 e. The van der Waals surface area contributed by atoms with Crippen molar-refractivity contribution in [2.45, 2.75) is 63.5 Å². The first-order chi connectivity index (χ1) is 12.4. The van der Waals surface area contributed by atoms with Crippen LogP contribution in [-0.4, -0.2) is 38.3 Å². The summed E-state index contributed by atoms with van der Waals surface area (Å²) in [4.78, 5) is 0. The first-order valence-corrected chi connectivity index (χ1v) is 11.1. The third-order valence-electron chi connectivity index (χ3n) is 8.25. The van der Waals surface area contributed by atoms with Gasteiger partial charge in [0.15, 0.2) is 0 Å². The lowest BCUT2D eigenvalue weighted by Gasteiger charge is -2.42. The molecule has 2 aliphatic carbocycles. The largest absolute Gasteiger partial charge is 0.316 e. The molecule has 5 nitrogen and oxygen atoms in total. The molecule has 5 heteroatoms. The quantitative estimate of drug-likeness (QED) is 0.458. The highest BCUT2D eigenvalue weighted by Crippen LogP contribution is 2.42. The monoisotopic (exact) mass is 347 g/mol. The van der Waals surface area contributed by atoms with Gasteiger partial charge in [-0.1, -0.05) is 19.3 Å². The predicted octanol–water partition coefficient (Wildman–Crippen LogP) is 1.39. The predicted molar refractivity (Wildman–Crippen MR) is 101 cm³/mol. The third-order valence-corrected chi connectivity index (χ3v) is 8.25. The maximum atomic E-state index is 3.78. The van der Waals surface area contributed by atoms with Crippen molar-refractivity contribution in [1.29, 1.82) is 0 Å². The number of nitrogens with one attached hydrogen (secondary N) is 5. The molecule has 3 aliphatic heterocycles. The topological polar surface area (TPSA) is 60.1 Å². The van der Waals surface area contributed by atoms with Gasteiger partial charge >= 0.3 is 0 Å². The van der Waals surface area contributed by atoms with E-state index in [1.165, 1.54) is 71.0 Å². The molecule has 2 saturated carbocycles. The average molecular weight is 348 g/mol. The Morgan fingerprint density at radius 1 is 0.560 bits per heavy atom. The van der Waals surface area contributed by atoms with E-state index in [4.69, 9.17) is 0 Å². The van der Waals surface area contributed by atoms with Crippen molar-refractivity contribution in [1.82, 2.24) is 27.0 Å². The van der Waals surface area contributed by atoms with Crippen molar-refractivity contribution < 1.29 is 0 Å². The molecular weight excluding hydrogens is 310 g/mol. The number of piperidine rings is 1. The van der Waals surface area contributed by atoms with Crippen molar-refractivity contribution in [2.24, 2.45) is 35.5 Å². The van der Waals surface area contributed by atoms with Crippen LogP contribution in [0.1, 0.15) is 51.4 Å². The van der Waals surface area contributed by atoms with Gasteiger partial charge < -0.3 is 5.32 Å². The van der Waals surface area contributed by atoms with Crippen LogP contribution in [0.2, 0.25) is 0 Å². The molecule has 5 N–H and O–H groups in total. The van der Waals surface area contributed by atoms with E-state index >= 15 is 0 Å². The van der Waals surface area contributed by atoms with Crippen LogP contribution < -0.4 is 27.0 Å². The summed E-state index contributed by atoms with van der Waals surface area (Å²) in [5.41, 5.74) is 14.5. The van der Waals surface area contributed by atoms with Crippen LogP contribution in [0.25, 0.3) is 0 Å². The molecule has 0 amide bonds. The van der Waals surface area contributed by atoms with E-state index in [0.29, 0.717) is 12.1 Å². The molecule has 2 bridgehead atoms. The Hall–Kier alpha value is -0.200. The van der Waals surface area contributed by atoms with Crippen molar-refractivity contribution in [3.8, 4) is 0 Å². The van der Waals surface area contributed by atoms with Crippen molar-refractivity contribution in [2.75, 3.05) is 26.2 Å². The van der Waals surface area contributed by atoms with E-state index in [1.54, 1.807) is 0 Å². The van der Waals surface area contributed by atoms with Crippen LogP contribution in [0, 0.1) is 35.5 Å². The molecule has 5 rings (SSSR count). The van der Waals surface area contributed by atoms with Gasteiger partial charge in [0.25, 0.3) is 0 Å². The lowest BCUT2D eigenvalue weighted by Crippen LogP contribution is -2.49. The van der Waals surface area contributed by atoms with Crippen molar-refractivity contribution >= 4 is 0 Å². The lowest BCUT2D eigenvalue weighted by molar-refractivity contribution is 0.117. The van der Waals surface area contributed by atoms with Crippen LogP contribution >= 0.6 is 0 Å². The van der Waals surface area contributed by atoms with Gasteiger partial charge in [-0.15, -0.1) is 0 Å². The molecule has 0 radical (unpaired) electrons. The van der Waals surface area contributed by atoms with Gasteiger partial charge in [0.05, 0.1) is 0 Å². The number of hydrazine groups is 2. The van der Waals surface area contributed by atoms with Crippen LogP contribution in [-0.2, 0) is 0 Å². The van der Waals surface area contributed by atoms with Crippen molar-refractivity contribution in [3.05, 3.63) is 0 Å². The van der Waals surface area contributed by atoms with Gasteiger partial charge in [-0.3, -0.25) is 21.7 Å².